The van der Waals surface area contributed by atoms with Crippen LogP contribution in [0.2, 0.25) is 0 Å². The number of nitrogens with one attached hydrogen (secondary N) is 1. The van der Waals surface area contributed by atoms with Crippen molar-refractivity contribution in [3.05, 3.63) is 6.08 Å². The van der Waals surface area contributed by atoms with Crippen molar-refractivity contribution in [3.8, 4) is 0 Å². The molecule has 0 saturated carbocycles. The van der Waals surface area contributed by atoms with E-state index in [4.69, 9.17) is 4.74 Å². The molecule has 0 spiro atoms. The van der Waals surface area contributed by atoms with Gasteiger partial charge >= 0.3 is 0 Å². The van der Waals surface area contributed by atoms with Crippen LogP contribution in [0.3, 0.4) is 0 Å². The first-order valence-electron chi connectivity index (χ1n) is 4.63. The summed E-state index contributed by atoms with van der Waals surface area (Å²) in [5, 5.41) is 3.29. The van der Waals surface area contributed by atoms with Crippen LogP contribution in [-0.4, -0.2) is 56.8 Å². The number of rotatable bonds is 5. The normalized spacial score (nSPS) is 18.2. The molecule has 1 heterocycles. The van der Waals surface area contributed by atoms with Gasteiger partial charge in [0.05, 0.1) is 13.2 Å². The molecular weight excluding hydrogens is 168 g/mol. The Morgan fingerprint density at radius 1 is 1.46 bits per heavy atom. The Morgan fingerprint density at radius 3 is 2.92 bits per heavy atom. The highest BCUT2D eigenvalue weighted by atomic mass is 16.5. The summed E-state index contributed by atoms with van der Waals surface area (Å²) in [5.41, 5.74) is 0. The molecule has 1 rings (SSSR count). The maximum absolute atomic E-state index is 9.79. The van der Waals surface area contributed by atoms with E-state index < -0.39 is 0 Å². The standard InChI is InChI=1S/C9H16N2O2/c12-7-1-8-13-9-6-11-4-2-10-3-5-11/h1,10H,2-6,8-9H2. The van der Waals surface area contributed by atoms with E-state index in [2.05, 4.69) is 10.2 Å². The molecule has 0 unspecified atom stereocenters. The lowest BCUT2D eigenvalue weighted by atomic mass is 10.4. The molecule has 1 fully saturated rings. The minimum atomic E-state index is 0.385. The Labute approximate surface area is 78.5 Å². The van der Waals surface area contributed by atoms with Crippen LogP contribution >= 0.6 is 0 Å². The number of ether oxygens (including phenoxy) is 1. The summed E-state index contributed by atoms with van der Waals surface area (Å²) < 4.78 is 5.20. The third kappa shape index (κ3) is 4.80. The van der Waals surface area contributed by atoms with Crippen molar-refractivity contribution in [1.82, 2.24) is 10.2 Å². The van der Waals surface area contributed by atoms with Crippen molar-refractivity contribution in [3.63, 3.8) is 0 Å². The molecule has 0 bridgehead atoms. The van der Waals surface area contributed by atoms with E-state index in [1.165, 1.54) is 6.08 Å². The van der Waals surface area contributed by atoms with Crippen molar-refractivity contribution in [2.75, 3.05) is 45.9 Å². The molecule has 1 aliphatic rings. The number of piperazine rings is 1. The van der Waals surface area contributed by atoms with Crippen LogP contribution in [0.4, 0.5) is 0 Å². The van der Waals surface area contributed by atoms with Crippen LogP contribution in [0, 0.1) is 0 Å². The molecule has 0 radical (unpaired) electrons. The van der Waals surface area contributed by atoms with Crippen molar-refractivity contribution in [2.45, 2.75) is 0 Å². The summed E-state index contributed by atoms with van der Waals surface area (Å²) >= 11 is 0. The van der Waals surface area contributed by atoms with E-state index in [0.717, 1.165) is 32.7 Å². The zero-order chi connectivity index (χ0) is 9.36. The predicted octanol–water partition coefficient (Wildman–Crippen LogP) is -0.704. The van der Waals surface area contributed by atoms with E-state index in [1.807, 2.05) is 0 Å². The lowest BCUT2D eigenvalue weighted by molar-refractivity contribution is 0.118. The van der Waals surface area contributed by atoms with Crippen LogP contribution in [-0.2, 0) is 9.53 Å². The van der Waals surface area contributed by atoms with E-state index in [-0.39, 0.29) is 0 Å². The number of hydrogen-bond donors (Lipinski definition) is 1. The van der Waals surface area contributed by atoms with Gasteiger partial charge in [0.1, 0.15) is 5.94 Å². The quantitative estimate of drug-likeness (QED) is 0.453. The Morgan fingerprint density at radius 2 is 2.23 bits per heavy atom. The fourth-order valence-corrected chi connectivity index (χ4v) is 1.30. The molecule has 74 valence electrons. The molecule has 0 aliphatic carbocycles. The molecule has 0 amide bonds. The average Bonchev–Trinajstić information content (AvgIpc) is 2.19. The van der Waals surface area contributed by atoms with Gasteiger partial charge in [0.2, 0.25) is 0 Å². The van der Waals surface area contributed by atoms with Gasteiger partial charge in [-0.2, -0.15) is 0 Å². The summed E-state index contributed by atoms with van der Waals surface area (Å²) in [6, 6.07) is 0. The number of nitrogens with zero attached hydrogens (tertiary/aromatic N) is 1. The van der Waals surface area contributed by atoms with E-state index in [0.29, 0.717) is 13.2 Å². The van der Waals surface area contributed by atoms with Crippen LogP contribution in [0.15, 0.2) is 6.08 Å². The maximum atomic E-state index is 9.79. The summed E-state index contributed by atoms with van der Waals surface area (Å²) in [5.74, 6) is 1.68. The van der Waals surface area contributed by atoms with Gasteiger partial charge in [0.25, 0.3) is 0 Å². The highest BCUT2D eigenvalue weighted by Gasteiger charge is 2.07. The van der Waals surface area contributed by atoms with Gasteiger partial charge in [-0.3, -0.25) is 4.90 Å². The molecule has 4 nitrogen and oxygen atoms in total. The summed E-state index contributed by atoms with van der Waals surface area (Å²) in [7, 11) is 0. The van der Waals surface area contributed by atoms with Gasteiger partial charge in [-0.1, -0.05) is 0 Å². The van der Waals surface area contributed by atoms with Gasteiger partial charge in [0.15, 0.2) is 0 Å². The number of carbonyl (C=O) groups excluding carboxylic acids is 1. The summed E-state index contributed by atoms with van der Waals surface area (Å²) in [6.45, 7) is 6.34. The second kappa shape index (κ2) is 6.80. The molecule has 1 N–H and O–H groups in total. The maximum Gasteiger partial charge on any atom is 0.122 e. The zero-order valence-corrected chi connectivity index (χ0v) is 7.79. The molecular formula is C9H16N2O2. The molecule has 13 heavy (non-hydrogen) atoms. The molecule has 1 saturated heterocycles. The molecule has 1 aliphatic heterocycles. The monoisotopic (exact) mass is 184 g/mol. The second-order valence-electron chi connectivity index (χ2n) is 2.99. The largest absolute Gasteiger partial charge is 0.375 e. The van der Waals surface area contributed by atoms with Gasteiger partial charge in [-0.25, -0.2) is 4.79 Å². The van der Waals surface area contributed by atoms with Crippen LogP contribution in [0.5, 0.6) is 0 Å². The van der Waals surface area contributed by atoms with Crippen molar-refractivity contribution in [2.24, 2.45) is 0 Å². The topological polar surface area (TPSA) is 41.6 Å². The first kappa shape index (κ1) is 10.4. The highest BCUT2D eigenvalue weighted by molar-refractivity contribution is 5.44. The molecule has 4 heteroatoms. The van der Waals surface area contributed by atoms with E-state index in [9.17, 15) is 4.79 Å². The highest BCUT2D eigenvalue weighted by Crippen LogP contribution is 1.91. The van der Waals surface area contributed by atoms with Gasteiger partial charge in [-0.05, 0) is 0 Å². The zero-order valence-electron chi connectivity index (χ0n) is 7.79. The van der Waals surface area contributed by atoms with Gasteiger partial charge in [-0.15, -0.1) is 0 Å². The second-order valence-corrected chi connectivity index (χ2v) is 2.99. The molecule has 0 aromatic carbocycles. The SMILES string of the molecule is O=C=CCOCCN1CCNCC1. The van der Waals surface area contributed by atoms with Crippen LogP contribution in [0.1, 0.15) is 0 Å². The fourth-order valence-electron chi connectivity index (χ4n) is 1.30. The van der Waals surface area contributed by atoms with Gasteiger partial charge < -0.3 is 10.1 Å². The van der Waals surface area contributed by atoms with Gasteiger partial charge in [0, 0.05) is 38.8 Å². The first-order chi connectivity index (χ1) is 6.43. The van der Waals surface area contributed by atoms with E-state index in [1.54, 1.807) is 5.94 Å². The van der Waals surface area contributed by atoms with Crippen LogP contribution in [0.25, 0.3) is 0 Å². The van der Waals surface area contributed by atoms with Crippen molar-refractivity contribution >= 4 is 5.94 Å². The average molecular weight is 184 g/mol. The fraction of sp³-hybridized carbons (Fsp3) is 0.778. The minimum absolute atomic E-state index is 0.385. The summed E-state index contributed by atoms with van der Waals surface area (Å²) in [4.78, 5) is 12.1. The Hall–Kier alpha value is -0.670. The third-order valence-corrected chi connectivity index (χ3v) is 2.05. The number of hydrogen-bond acceptors (Lipinski definition) is 4. The molecule has 0 aromatic rings. The smallest absolute Gasteiger partial charge is 0.122 e. The molecule has 0 aromatic heterocycles. The van der Waals surface area contributed by atoms with Crippen molar-refractivity contribution in [1.29, 1.82) is 0 Å². The Kier molecular flexibility index (Phi) is 5.45. The Balaban J connectivity index is 1.94. The molecule has 0 atom stereocenters. The predicted molar refractivity (Wildman–Crippen MR) is 50.4 cm³/mol. The minimum Gasteiger partial charge on any atom is -0.375 e. The Bertz CT molecular complexity index is 172. The third-order valence-electron chi connectivity index (χ3n) is 2.05. The lowest BCUT2D eigenvalue weighted by Crippen LogP contribution is -2.44. The first-order valence-corrected chi connectivity index (χ1v) is 4.63. The lowest BCUT2D eigenvalue weighted by Gasteiger charge is -2.26. The summed E-state index contributed by atoms with van der Waals surface area (Å²) in [6.07, 6.45) is 1.36. The van der Waals surface area contributed by atoms with E-state index >= 15 is 0 Å². The van der Waals surface area contributed by atoms with Crippen molar-refractivity contribution < 1.29 is 9.53 Å². The van der Waals surface area contributed by atoms with Crippen LogP contribution < -0.4 is 5.32 Å².